The van der Waals surface area contributed by atoms with E-state index in [-0.39, 0.29) is 23.3 Å². The Labute approximate surface area is 187 Å². The van der Waals surface area contributed by atoms with Crippen molar-refractivity contribution in [3.63, 3.8) is 0 Å². The third kappa shape index (κ3) is 6.40. The molecule has 33 heavy (non-hydrogen) atoms. The van der Waals surface area contributed by atoms with Gasteiger partial charge in [0.05, 0.1) is 11.8 Å². The highest BCUT2D eigenvalue weighted by atomic mass is 32.2. The summed E-state index contributed by atoms with van der Waals surface area (Å²) in [6, 6.07) is 16.3. The first-order valence-electron chi connectivity index (χ1n) is 9.33. The summed E-state index contributed by atoms with van der Waals surface area (Å²) in [6.07, 6.45) is -3.59. The molecule has 0 aliphatic rings. The van der Waals surface area contributed by atoms with E-state index in [2.05, 4.69) is 10.5 Å². The molecule has 0 saturated heterocycles. The number of nitrogens with one attached hydrogen (secondary N) is 1. The zero-order valence-corrected chi connectivity index (χ0v) is 17.6. The van der Waals surface area contributed by atoms with Crippen molar-refractivity contribution in [2.24, 2.45) is 5.10 Å². The third-order valence-corrected chi connectivity index (χ3v) is 5.25. The third-order valence-electron chi connectivity index (χ3n) is 4.34. The molecule has 0 aliphatic heterocycles. The molecular formula is C22H17F3N2O5S. The second-order valence-electron chi connectivity index (χ2n) is 6.67. The number of rotatable bonds is 7. The summed E-state index contributed by atoms with van der Waals surface area (Å²) in [5.74, 6) is -0.116. The number of hydrogen-bond donors (Lipinski definition) is 2. The van der Waals surface area contributed by atoms with Crippen molar-refractivity contribution in [2.75, 3.05) is 6.61 Å². The van der Waals surface area contributed by atoms with Crippen LogP contribution in [0.2, 0.25) is 0 Å². The molecule has 3 aromatic carbocycles. The van der Waals surface area contributed by atoms with Gasteiger partial charge >= 0.3 is 6.18 Å². The number of carbonyl (C=O) groups is 1. The van der Waals surface area contributed by atoms with Gasteiger partial charge in [-0.05, 0) is 35.9 Å². The van der Waals surface area contributed by atoms with Gasteiger partial charge in [-0.15, -0.1) is 0 Å². The maximum absolute atomic E-state index is 13.2. The fourth-order valence-electron chi connectivity index (χ4n) is 2.87. The predicted octanol–water partition coefficient (Wildman–Crippen LogP) is 4.15. The summed E-state index contributed by atoms with van der Waals surface area (Å²) < 4.78 is 77.9. The second-order valence-corrected chi connectivity index (χ2v) is 8.06. The van der Waals surface area contributed by atoms with Crippen LogP contribution in [-0.2, 0) is 21.1 Å². The van der Waals surface area contributed by atoms with Gasteiger partial charge in [-0.25, -0.2) is 5.43 Å². The highest BCUT2D eigenvalue weighted by molar-refractivity contribution is 7.86. The van der Waals surface area contributed by atoms with Crippen LogP contribution in [0.5, 0.6) is 5.75 Å². The summed E-state index contributed by atoms with van der Waals surface area (Å²) in [6.45, 7) is -0.330. The second kappa shape index (κ2) is 9.84. The lowest BCUT2D eigenvalue weighted by Crippen LogP contribution is -2.24. The molecule has 0 fully saturated rings. The number of para-hydroxylation sites is 1. The number of amides is 1. The lowest BCUT2D eigenvalue weighted by Gasteiger charge is -2.14. The summed E-state index contributed by atoms with van der Waals surface area (Å²) in [5.41, 5.74) is 1.01. The van der Waals surface area contributed by atoms with Crippen LogP contribution in [0.15, 0.2) is 82.8 Å². The highest BCUT2D eigenvalue weighted by Crippen LogP contribution is 2.36. The molecular weight excluding hydrogens is 461 g/mol. The molecule has 0 saturated carbocycles. The van der Waals surface area contributed by atoms with E-state index in [0.29, 0.717) is 23.9 Å². The molecule has 172 valence electrons. The number of carbonyl (C=O) groups excluding carboxylic acids is 1. The van der Waals surface area contributed by atoms with E-state index in [1.54, 1.807) is 36.4 Å². The molecule has 2 N–H and O–H groups in total. The standard InChI is InChI=1S/C22H17F3N2O5S/c23-22(24,25)16-10-11-20(33(29,30)31)19(12-16)18-9-5-4-6-15(18)13-26-27-21(28)14-32-17-7-2-1-3-8-17/h1-13H,14H2,(H,27,28)(H,29,30,31)/b26-13-. The Balaban J connectivity index is 1.86. The maximum Gasteiger partial charge on any atom is 0.416 e. The fourth-order valence-corrected chi connectivity index (χ4v) is 3.56. The minimum absolute atomic E-state index is 0.0507. The molecule has 0 atom stereocenters. The van der Waals surface area contributed by atoms with Gasteiger partial charge in [0, 0.05) is 11.1 Å². The molecule has 0 heterocycles. The van der Waals surface area contributed by atoms with Crippen LogP contribution in [0.3, 0.4) is 0 Å². The molecule has 3 aromatic rings. The zero-order valence-electron chi connectivity index (χ0n) is 16.8. The Kier molecular flexibility index (Phi) is 7.14. The Morgan fingerprint density at radius 1 is 1.00 bits per heavy atom. The van der Waals surface area contributed by atoms with Crippen LogP contribution in [0.4, 0.5) is 13.2 Å². The van der Waals surface area contributed by atoms with Crippen LogP contribution >= 0.6 is 0 Å². The van der Waals surface area contributed by atoms with Crippen molar-refractivity contribution in [3.8, 4) is 16.9 Å². The minimum Gasteiger partial charge on any atom is -0.484 e. The van der Waals surface area contributed by atoms with Crippen molar-refractivity contribution in [1.29, 1.82) is 0 Å². The Morgan fingerprint density at radius 2 is 1.67 bits per heavy atom. The van der Waals surface area contributed by atoms with E-state index < -0.39 is 32.7 Å². The molecule has 7 nitrogen and oxygen atoms in total. The predicted molar refractivity (Wildman–Crippen MR) is 114 cm³/mol. The van der Waals surface area contributed by atoms with Crippen molar-refractivity contribution in [2.45, 2.75) is 11.1 Å². The van der Waals surface area contributed by atoms with Gasteiger partial charge in [0.15, 0.2) is 6.61 Å². The summed E-state index contributed by atoms with van der Waals surface area (Å²) in [5, 5.41) is 3.76. The number of alkyl halides is 3. The number of benzene rings is 3. The Hall–Kier alpha value is -3.70. The monoisotopic (exact) mass is 478 g/mol. The number of nitrogens with zero attached hydrogens (tertiary/aromatic N) is 1. The molecule has 0 unspecified atom stereocenters. The first kappa shape index (κ1) is 24.0. The Morgan fingerprint density at radius 3 is 2.33 bits per heavy atom. The lowest BCUT2D eigenvalue weighted by molar-refractivity contribution is -0.137. The van der Waals surface area contributed by atoms with Crippen LogP contribution in [0.1, 0.15) is 11.1 Å². The van der Waals surface area contributed by atoms with E-state index in [0.717, 1.165) is 6.21 Å². The number of halogens is 3. The van der Waals surface area contributed by atoms with Crippen molar-refractivity contribution >= 4 is 22.2 Å². The number of hydrazone groups is 1. The van der Waals surface area contributed by atoms with Gasteiger partial charge < -0.3 is 4.74 Å². The van der Waals surface area contributed by atoms with Crippen molar-refractivity contribution in [1.82, 2.24) is 5.43 Å². The van der Waals surface area contributed by atoms with Crippen LogP contribution in [0, 0.1) is 0 Å². The van der Waals surface area contributed by atoms with E-state index in [1.165, 1.54) is 18.2 Å². The first-order valence-corrected chi connectivity index (χ1v) is 10.8. The molecule has 11 heteroatoms. The van der Waals surface area contributed by atoms with Gasteiger partial charge in [-0.2, -0.15) is 26.7 Å². The SMILES string of the molecule is O=C(COc1ccccc1)N/N=C\c1ccccc1-c1cc(C(F)(F)F)ccc1S(=O)(=O)O. The maximum atomic E-state index is 13.2. The Bertz CT molecular complexity index is 1280. The van der Waals surface area contributed by atoms with Gasteiger partial charge in [0.1, 0.15) is 10.6 Å². The molecule has 1 amide bonds. The van der Waals surface area contributed by atoms with E-state index in [9.17, 15) is 30.9 Å². The van der Waals surface area contributed by atoms with Gasteiger partial charge in [0.2, 0.25) is 0 Å². The topological polar surface area (TPSA) is 105 Å². The van der Waals surface area contributed by atoms with Gasteiger partial charge in [-0.3, -0.25) is 9.35 Å². The largest absolute Gasteiger partial charge is 0.484 e. The van der Waals surface area contributed by atoms with Crippen LogP contribution in [0.25, 0.3) is 11.1 Å². The molecule has 0 bridgehead atoms. The van der Waals surface area contributed by atoms with Gasteiger partial charge in [0.25, 0.3) is 16.0 Å². The summed E-state index contributed by atoms with van der Waals surface area (Å²) >= 11 is 0. The van der Waals surface area contributed by atoms with E-state index in [4.69, 9.17) is 4.74 Å². The molecule has 0 aromatic heterocycles. The van der Waals surface area contributed by atoms with Crippen LogP contribution in [-0.4, -0.2) is 31.7 Å². The quantitative estimate of drug-likeness (QED) is 0.302. The minimum atomic E-state index is -4.83. The van der Waals surface area contributed by atoms with Crippen molar-refractivity contribution in [3.05, 3.63) is 83.9 Å². The summed E-state index contributed by atoms with van der Waals surface area (Å²) in [4.78, 5) is 11.2. The van der Waals surface area contributed by atoms with Crippen molar-refractivity contribution < 1.29 is 35.7 Å². The fraction of sp³-hybridized carbons (Fsp3) is 0.0909. The average Bonchev–Trinajstić information content (AvgIpc) is 2.77. The first-order chi connectivity index (χ1) is 15.6. The number of hydrogen-bond acceptors (Lipinski definition) is 5. The highest BCUT2D eigenvalue weighted by Gasteiger charge is 2.32. The normalized spacial score (nSPS) is 12.0. The summed E-state index contributed by atoms with van der Waals surface area (Å²) in [7, 11) is -4.83. The van der Waals surface area contributed by atoms with Crippen LogP contribution < -0.4 is 10.2 Å². The molecule has 3 rings (SSSR count). The molecule has 0 radical (unpaired) electrons. The molecule has 0 spiro atoms. The van der Waals surface area contributed by atoms with E-state index in [1.807, 2.05) is 0 Å². The van der Waals surface area contributed by atoms with Gasteiger partial charge in [-0.1, -0.05) is 42.5 Å². The number of ether oxygens (including phenoxy) is 1. The van der Waals surface area contributed by atoms with E-state index >= 15 is 0 Å². The smallest absolute Gasteiger partial charge is 0.416 e. The average molecular weight is 478 g/mol. The lowest BCUT2D eigenvalue weighted by atomic mass is 9.98. The zero-order chi connectivity index (χ0) is 24.1. The molecule has 0 aliphatic carbocycles.